The third-order valence-electron chi connectivity index (χ3n) is 2.53. The van der Waals surface area contributed by atoms with Crippen LogP contribution < -0.4 is 0 Å². The Morgan fingerprint density at radius 3 is 2.44 bits per heavy atom. The van der Waals surface area contributed by atoms with Gasteiger partial charge in [-0.05, 0) is 20.2 Å². The topological polar surface area (TPSA) is 23.5 Å². The van der Waals surface area contributed by atoms with Crippen LogP contribution in [-0.2, 0) is 6.54 Å². The van der Waals surface area contributed by atoms with Gasteiger partial charge in [0.15, 0.2) is 0 Å². The summed E-state index contributed by atoms with van der Waals surface area (Å²) in [5.41, 5.74) is 0.855. The van der Waals surface area contributed by atoms with Crippen molar-refractivity contribution in [3.63, 3.8) is 0 Å². The first-order chi connectivity index (χ1) is 7.59. The summed E-state index contributed by atoms with van der Waals surface area (Å²) < 4.78 is 0. The predicted octanol–water partition coefficient (Wildman–Crippen LogP) is 3.26. The lowest BCUT2D eigenvalue weighted by atomic mass is 10.0. The largest absolute Gasteiger partial charge is 0.507 e. The van der Waals surface area contributed by atoms with Gasteiger partial charge in [-0.25, -0.2) is 0 Å². The Kier molecular flexibility index (Phi) is 3.03. The van der Waals surface area contributed by atoms with Gasteiger partial charge in [-0.3, -0.25) is 0 Å². The van der Waals surface area contributed by atoms with E-state index in [1.165, 1.54) is 0 Å². The maximum Gasteiger partial charge on any atom is 0.127 e. The summed E-state index contributed by atoms with van der Waals surface area (Å²) in [6.07, 6.45) is 0. The lowest BCUT2D eigenvalue weighted by Gasteiger charge is -2.13. The van der Waals surface area contributed by atoms with Crippen molar-refractivity contribution in [2.24, 2.45) is 0 Å². The summed E-state index contributed by atoms with van der Waals surface area (Å²) in [5, 5.41) is 12.5. The van der Waals surface area contributed by atoms with Crippen LogP contribution in [0, 0.1) is 0 Å². The van der Waals surface area contributed by atoms with E-state index in [-0.39, 0.29) is 0 Å². The number of aromatic hydroxyl groups is 1. The van der Waals surface area contributed by atoms with Gasteiger partial charge in [0.05, 0.1) is 0 Å². The van der Waals surface area contributed by atoms with Crippen molar-refractivity contribution in [1.82, 2.24) is 4.90 Å². The molecule has 0 unspecified atom stereocenters. The van der Waals surface area contributed by atoms with Gasteiger partial charge in [0.1, 0.15) is 5.75 Å². The minimum atomic E-state index is 0.328. The van der Waals surface area contributed by atoms with Gasteiger partial charge in [0.2, 0.25) is 0 Å². The van der Waals surface area contributed by atoms with Crippen molar-refractivity contribution >= 4 is 22.4 Å². The standard InChI is InChI=1S/C13H14ClNO/c1-15(2)8-9-7-12(14)10-5-3-4-6-11(10)13(9)16/h3-7,16H,8H2,1-2H3. The van der Waals surface area contributed by atoms with Crippen LogP contribution in [0.5, 0.6) is 5.75 Å². The molecule has 0 saturated carbocycles. The quantitative estimate of drug-likeness (QED) is 0.864. The summed E-state index contributed by atoms with van der Waals surface area (Å²) >= 11 is 6.19. The van der Waals surface area contributed by atoms with Crippen molar-refractivity contribution in [1.29, 1.82) is 0 Å². The zero-order valence-electron chi connectivity index (χ0n) is 9.37. The second-order valence-corrected chi connectivity index (χ2v) is 4.56. The summed E-state index contributed by atoms with van der Waals surface area (Å²) in [4.78, 5) is 2.00. The lowest BCUT2D eigenvalue weighted by Crippen LogP contribution is -2.10. The fraction of sp³-hybridized carbons (Fsp3) is 0.231. The normalized spacial score (nSPS) is 11.2. The predicted molar refractivity (Wildman–Crippen MR) is 68.0 cm³/mol. The van der Waals surface area contributed by atoms with E-state index < -0.39 is 0 Å². The van der Waals surface area contributed by atoms with Crippen molar-refractivity contribution < 1.29 is 5.11 Å². The molecule has 0 amide bonds. The number of phenols is 1. The van der Waals surface area contributed by atoms with E-state index in [0.29, 0.717) is 17.3 Å². The third-order valence-corrected chi connectivity index (χ3v) is 2.84. The summed E-state index contributed by atoms with van der Waals surface area (Å²) in [5.74, 6) is 0.328. The van der Waals surface area contributed by atoms with Gasteiger partial charge in [0.25, 0.3) is 0 Å². The van der Waals surface area contributed by atoms with E-state index in [1.807, 2.05) is 49.3 Å². The molecule has 2 aromatic rings. The smallest absolute Gasteiger partial charge is 0.127 e. The van der Waals surface area contributed by atoms with Gasteiger partial charge in [-0.2, -0.15) is 0 Å². The Morgan fingerprint density at radius 2 is 1.81 bits per heavy atom. The molecule has 0 radical (unpaired) electrons. The fourth-order valence-electron chi connectivity index (χ4n) is 1.83. The summed E-state index contributed by atoms with van der Waals surface area (Å²) in [7, 11) is 3.92. The highest BCUT2D eigenvalue weighted by Crippen LogP contribution is 2.34. The van der Waals surface area contributed by atoms with Crippen LogP contribution in [0.2, 0.25) is 5.02 Å². The van der Waals surface area contributed by atoms with E-state index >= 15 is 0 Å². The molecule has 0 aliphatic carbocycles. The maximum atomic E-state index is 10.1. The Labute approximate surface area is 100 Å². The highest BCUT2D eigenvalue weighted by atomic mass is 35.5. The molecule has 0 spiro atoms. The molecule has 1 N–H and O–H groups in total. The van der Waals surface area contributed by atoms with Crippen molar-refractivity contribution in [3.8, 4) is 5.75 Å². The van der Waals surface area contributed by atoms with Gasteiger partial charge >= 0.3 is 0 Å². The SMILES string of the molecule is CN(C)Cc1cc(Cl)c2ccccc2c1O. The molecule has 16 heavy (non-hydrogen) atoms. The highest BCUT2D eigenvalue weighted by Gasteiger charge is 2.10. The van der Waals surface area contributed by atoms with E-state index in [4.69, 9.17) is 11.6 Å². The third kappa shape index (κ3) is 1.99. The number of hydrogen-bond donors (Lipinski definition) is 1. The van der Waals surface area contributed by atoms with Crippen LogP contribution in [-0.4, -0.2) is 24.1 Å². The molecule has 2 rings (SSSR count). The zero-order valence-corrected chi connectivity index (χ0v) is 10.1. The first kappa shape index (κ1) is 11.2. The Balaban J connectivity index is 2.65. The number of hydrogen-bond acceptors (Lipinski definition) is 2. The van der Waals surface area contributed by atoms with Crippen LogP contribution in [0.25, 0.3) is 10.8 Å². The molecule has 0 atom stereocenters. The molecule has 0 aliphatic rings. The average Bonchev–Trinajstić information content (AvgIpc) is 2.25. The maximum absolute atomic E-state index is 10.1. The van der Waals surface area contributed by atoms with E-state index in [9.17, 15) is 5.11 Å². The molecule has 0 aromatic heterocycles. The minimum absolute atomic E-state index is 0.328. The van der Waals surface area contributed by atoms with Crippen molar-refractivity contribution in [2.45, 2.75) is 6.54 Å². The molecule has 2 aromatic carbocycles. The Hall–Kier alpha value is -1.25. The number of phenolic OH excluding ortho intramolecular Hbond substituents is 1. The van der Waals surface area contributed by atoms with Crippen LogP contribution >= 0.6 is 11.6 Å². The van der Waals surface area contributed by atoms with Crippen LogP contribution in [0.1, 0.15) is 5.56 Å². The van der Waals surface area contributed by atoms with Crippen LogP contribution in [0.4, 0.5) is 0 Å². The molecule has 0 fully saturated rings. The lowest BCUT2D eigenvalue weighted by molar-refractivity contribution is 0.387. The van der Waals surface area contributed by atoms with E-state index in [1.54, 1.807) is 0 Å². The second-order valence-electron chi connectivity index (χ2n) is 4.15. The first-order valence-electron chi connectivity index (χ1n) is 5.13. The zero-order chi connectivity index (χ0) is 11.7. The number of halogens is 1. The fourth-order valence-corrected chi connectivity index (χ4v) is 2.13. The van der Waals surface area contributed by atoms with Crippen molar-refractivity contribution in [3.05, 3.63) is 40.9 Å². The highest BCUT2D eigenvalue weighted by molar-refractivity contribution is 6.35. The molecule has 2 nitrogen and oxygen atoms in total. The molecule has 0 saturated heterocycles. The summed E-state index contributed by atoms with van der Waals surface area (Å²) in [6.45, 7) is 0.677. The number of nitrogens with zero attached hydrogens (tertiary/aromatic N) is 1. The number of fused-ring (bicyclic) bond motifs is 1. The molecular formula is C13H14ClNO. The minimum Gasteiger partial charge on any atom is -0.507 e. The Morgan fingerprint density at radius 1 is 1.19 bits per heavy atom. The van der Waals surface area contributed by atoms with Crippen LogP contribution in [0.3, 0.4) is 0 Å². The Bertz CT molecular complexity index is 523. The van der Waals surface area contributed by atoms with E-state index in [2.05, 4.69) is 0 Å². The molecule has 84 valence electrons. The van der Waals surface area contributed by atoms with Gasteiger partial charge in [-0.15, -0.1) is 0 Å². The van der Waals surface area contributed by atoms with Gasteiger partial charge < -0.3 is 10.0 Å². The van der Waals surface area contributed by atoms with Gasteiger partial charge in [-0.1, -0.05) is 35.9 Å². The number of rotatable bonds is 2. The molecule has 0 bridgehead atoms. The van der Waals surface area contributed by atoms with Crippen LogP contribution in [0.15, 0.2) is 30.3 Å². The van der Waals surface area contributed by atoms with E-state index in [0.717, 1.165) is 16.3 Å². The van der Waals surface area contributed by atoms with Gasteiger partial charge in [0, 0.05) is 27.9 Å². The monoisotopic (exact) mass is 235 g/mol. The molecule has 3 heteroatoms. The first-order valence-corrected chi connectivity index (χ1v) is 5.51. The average molecular weight is 236 g/mol. The molecule has 0 heterocycles. The number of benzene rings is 2. The second kappa shape index (κ2) is 4.32. The van der Waals surface area contributed by atoms with Crippen molar-refractivity contribution in [2.75, 3.05) is 14.1 Å². The summed E-state index contributed by atoms with van der Waals surface area (Å²) in [6, 6.07) is 9.45. The molecule has 0 aliphatic heterocycles. The molecular weight excluding hydrogens is 222 g/mol.